The van der Waals surface area contributed by atoms with Crippen molar-refractivity contribution in [1.29, 1.82) is 0 Å². The van der Waals surface area contributed by atoms with E-state index in [4.69, 9.17) is 0 Å². The number of carbonyl (C=O) groups is 1. The zero-order valence-corrected chi connectivity index (χ0v) is 17.9. The van der Waals surface area contributed by atoms with Crippen LogP contribution < -0.4 is 10.1 Å². The maximum atomic E-state index is 12.7. The second kappa shape index (κ2) is 8.98. The Labute approximate surface area is 191 Å². The van der Waals surface area contributed by atoms with Crippen LogP contribution in [-0.4, -0.2) is 34.9 Å². The van der Waals surface area contributed by atoms with Crippen molar-refractivity contribution in [3.05, 3.63) is 91.0 Å². The van der Waals surface area contributed by atoms with E-state index in [9.17, 15) is 26.4 Å². The molecular weight excluding hydrogens is 473 g/mol. The molecule has 0 atom stereocenters. The summed E-state index contributed by atoms with van der Waals surface area (Å²) in [7, 11) is -3.91. The summed E-state index contributed by atoms with van der Waals surface area (Å²) in [5.74, 6) is -0.842. The molecule has 0 fully saturated rings. The van der Waals surface area contributed by atoms with Gasteiger partial charge in [-0.3, -0.25) is 4.79 Å². The highest BCUT2D eigenvalue weighted by molar-refractivity contribution is 7.89. The fraction of sp³-hybridized carbons (Fsp3) is 0.0455. The molecule has 0 saturated heterocycles. The lowest BCUT2D eigenvalue weighted by Gasteiger charge is -2.13. The summed E-state index contributed by atoms with van der Waals surface area (Å²) in [4.78, 5) is 16.1. The monoisotopic (exact) mass is 488 g/mol. The average Bonchev–Trinajstić information content (AvgIpc) is 3.35. The Morgan fingerprint density at radius 3 is 2.24 bits per heavy atom. The molecule has 34 heavy (non-hydrogen) atoms. The molecule has 0 bridgehead atoms. The molecular formula is C22H15F3N4O4S. The number of aromatic nitrogens is 3. The van der Waals surface area contributed by atoms with Crippen molar-refractivity contribution in [1.82, 2.24) is 14.2 Å². The average molecular weight is 488 g/mol. The van der Waals surface area contributed by atoms with E-state index in [0.29, 0.717) is 15.3 Å². The Bertz CT molecular complexity index is 1400. The summed E-state index contributed by atoms with van der Waals surface area (Å²) >= 11 is 0. The third-order valence-corrected chi connectivity index (χ3v) is 6.17. The van der Waals surface area contributed by atoms with Crippen LogP contribution in [0.5, 0.6) is 5.75 Å². The van der Waals surface area contributed by atoms with Crippen LogP contribution in [0, 0.1) is 0 Å². The number of halogens is 3. The lowest BCUT2D eigenvalue weighted by molar-refractivity contribution is -0.274. The maximum Gasteiger partial charge on any atom is 0.573 e. The predicted octanol–water partition coefficient (Wildman–Crippen LogP) is 4.33. The molecule has 12 heteroatoms. The molecule has 0 aliphatic rings. The lowest BCUT2D eigenvalue weighted by atomic mass is 10.0. The van der Waals surface area contributed by atoms with Gasteiger partial charge in [-0.15, -0.1) is 22.4 Å². The number of nitrogens with one attached hydrogen (secondary N) is 1. The predicted molar refractivity (Wildman–Crippen MR) is 116 cm³/mol. The van der Waals surface area contributed by atoms with Gasteiger partial charge in [0.25, 0.3) is 15.9 Å². The quantitative estimate of drug-likeness (QED) is 0.433. The van der Waals surface area contributed by atoms with Gasteiger partial charge in [-0.2, -0.15) is 8.42 Å². The molecule has 1 heterocycles. The van der Waals surface area contributed by atoms with Crippen molar-refractivity contribution in [2.75, 3.05) is 5.32 Å². The van der Waals surface area contributed by atoms with E-state index in [1.807, 2.05) is 0 Å². The van der Waals surface area contributed by atoms with Crippen molar-refractivity contribution in [3.8, 4) is 16.9 Å². The van der Waals surface area contributed by atoms with Crippen molar-refractivity contribution in [3.63, 3.8) is 0 Å². The number of alkyl halides is 3. The molecule has 0 aliphatic carbocycles. The number of rotatable bonds is 6. The molecule has 1 amide bonds. The molecule has 4 aromatic rings. The van der Waals surface area contributed by atoms with Crippen LogP contribution in [0.1, 0.15) is 10.4 Å². The minimum Gasteiger partial charge on any atom is -0.405 e. The van der Waals surface area contributed by atoms with Gasteiger partial charge in [-0.05, 0) is 48.0 Å². The second-order valence-electron chi connectivity index (χ2n) is 6.87. The first kappa shape index (κ1) is 23.0. The highest BCUT2D eigenvalue weighted by atomic mass is 32.2. The third-order valence-electron chi connectivity index (χ3n) is 4.62. The molecule has 0 saturated carbocycles. The first-order chi connectivity index (χ1) is 16.1. The zero-order chi connectivity index (χ0) is 24.3. The van der Waals surface area contributed by atoms with Gasteiger partial charge in [-0.1, -0.05) is 30.3 Å². The summed E-state index contributed by atoms with van der Waals surface area (Å²) in [5, 5.41) is 6.25. The van der Waals surface area contributed by atoms with Gasteiger partial charge in [0.05, 0.1) is 4.90 Å². The first-order valence-corrected chi connectivity index (χ1v) is 11.0. The summed E-state index contributed by atoms with van der Waals surface area (Å²) in [5.41, 5.74) is 1.29. The van der Waals surface area contributed by atoms with E-state index < -0.39 is 22.3 Å². The smallest absolute Gasteiger partial charge is 0.405 e. The molecule has 174 valence electrons. The van der Waals surface area contributed by atoms with Gasteiger partial charge in [0.2, 0.25) is 0 Å². The summed E-state index contributed by atoms with van der Waals surface area (Å²) < 4.78 is 67.6. The Balaban J connectivity index is 1.48. The SMILES string of the molecule is O=C(Nc1ccc(-c2ccccc2OC(F)(F)F)cc1)c1ccc(S(=O)(=O)n2cncn2)cc1. The number of hydrogen-bond acceptors (Lipinski definition) is 6. The summed E-state index contributed by atoms with van der Waals surface area (Å²) in [6.45, 7) is 0. The molecule has 0 radical (unpaired) electrons. The highest BCUT2D eigenvalue weighted by Crippen LogP contribution is 2.34. The van der Waals surface area contributed by atoms with Crippen LogP contribution >= 0.6 is 0 Å². The highest BCUT2D eigenvalue weighted by Gasteiger charge is 2.32. The molecule has 3 aromatic carbocycles. The van der Waals surface area contributed by atoms with E-state index in [1.54, 1.807) is 18.2 Å². The number of amides is 1. The van der Waals surface area contributed by atoms with Crippen LogP contribution in [0.3, 0.4) is 0 Å². The largest absolute Gasteiger partial charge is 0.573 e. The summed E-state index contributed by atoms with van der Waals surface area (Å²) in [6.07, 6.45) is -2.69. The fourth-order valence-electron chi connectivity index (χ4n) is 3.06. The van der Waals surface area contributed by atoms with Gasteiger partial charge in [-0.25, -0.2) is 4.98 Å². The fourth-order valence-corrected chi connectivity index (χ4v) is 4.10. The number of ether oxygens (including phenoxy) is 1. The molecule has 1 aromatic heterocycles. The van der Waals surface area contributed by atoms with Crippen LogP contribution in [0.4, 0.5) is 18.9 Å². The second-order valence-corrected chi connectivity index (χ2v) is 8.67. The van der Waals surface area contributed by atoms with Crippen LogP contribution in [0.2, 0.25) is 0 Å². The van der Waals surface area contributed by atoms with E-state index in [2.05, 4.69) is 20.1 Å². The van der Waals surface area contributed by atoms with E-state index >= 15 is 0 Å². The molecule has 4 rings (SSSR count). The number of anilines is 1. The van der Waals surface area contributed by atoms with E-state index in [-0.39, 0.29) is 21.8 Å². The van der Waals surface area contributed by atoms with E-state index in [1.165, 1.54) is 54.6 Å². The van der Waals surface area contributed by atoms with Gasteiger partial charge < -0.3 is 10.1 Å². The standard InChI is InChI=1S/C22H15F3N4O4S/c23-22(24,25)33-20-4-2-1-3-19(20)15-5-9-17(10-6-15)28-21(30)16-7-11-18(12-8-16)34(31,32)29-14-26-13-27-29/h1-14H,(H,28,30). The van der Waals surface area contributed by atoms with E-state index in [0.717, 1.165) is 12.7 Å². The van der Waals surface area contributed by atoms with Crippen molar-refractivity contribution in [2.24, 2.45) is 0 Å². The van der Waals surface area contributed by atoms with Crippen molar-refractivity contribution in [2.45, 2.75) is 11.3 Å². The van der Waals surface area contributed by atoms with Crippen molar-refractivity contribution < 1.29 is 31.1 Å². The minimum atomic E-state index is -4.83. The van der Waals surface area contributed by atoms with Gasteiger partial charge in [0.15, 0.2) is 0 Å². The van der Waals surface area contributed by atoms with Crippen molar-refractivity contribution >= 4 is 21.6 Å². The number of carbonyl (C=O) groups excluding carboxylic acids is 1. The Morgan fingerprint density at radius 2 is 1.62 bits per heavy atom. The Morgan fingerprint density at radius 1 is 0.941 bits per heavy atom. The molecule has 8 nitrogen and oxygen atoms in total. The zero-order valence-electron chi connectivity index (χ0n) is 17.1. The maximum absolute atomic E-state index is 12.7. The lowest BCUT2D eigenvalue weighted by Crippen LogP contribution is -2.17. The number of benzene rings is 3. The first-order valence-electron chi connectivity index (χ1n) is 9.60. The topological polar surface area (TPSA) is 103 Å². The summed E-state index contributed by atoms with van der Waals surface area (Å²) in [6, 6.07) is 17.1. The van der Waals surface area contributed by atoms with Crippen LogP contribution in [0.15, 0.2) is 90.3 Å². The van der Waals surface area contributed by atoms with Gasteiger partial charge >= 0.3 is 6.36 Å². The van der Waals surface area contributed by atoms with Gasteiger partial charge in [0, 0.05) is 16.8 Å². The number of hydrogen-bond donors (Lipinski definition) is 1. The number of nitrogens with zero attached hydrogens (tertiary/aromatic N) is 3. The minimum absolute atomic E-state index is 0.0707. The third kappa shape index (κ3) is 5.07. The van der Waals surface area contributed by atoms with Crippen LogP contribution in [0.25, 0.3) is 11.1 Å². The molecule has 0 unspecified atom stereocenters. The van der Waals surface area contributed by atoms with Gasteiger partial charge in [0.1, 0.15) is 18.4 Å². The Hall–Kier alpha value is -4.19. The number of para-hydroxylation sites is 1. The molecule has 0 spiro atoms. The van der Waals surface area contributed by atoms with Crippen LogP contribution in [-0.2, 0) is 10.0 Å². The normalized spacial score (nSPS) is 11.7. The Kier molecular flexibility index (Phi) is 6.07. The molecule has 1 N–H and O–H groups in total. The molecule has 0 aliphatic heterocycles.